The fraction of sp³-hybridized carbons (Fsp3) is 0.211. The molecule has 0 fully saturated rings. The van der Waals surface area contributed by atoms with Gasteiger partial charge in [0.05, 0.1) is 0 Å². The van der Waals surface area contributed by atoms with Crippen molar-refractivity contribution < 1.29 is 9.90 Å². The van der Waals surface area contributed by atoms with Crippen molar-refractivity contribution in [3.05, 3.63) is 69.9 Å². The number of halogens is 1. The van der Waals surface area contributed by atoms with E-state index >= 15 is 0 Å². The lowest BCUT2D eigenvalue weighted by Gasteiger charge is -2.07. The second-order valence-electron chi connectivity index (χ2n) is 5.85. The molecular weight excluding hydrogens is 324 g/mol. The van der Waals surface area contributed by atoms with Crippen LogP contribution in [-0.4, -0.2) is 22.6 Å². The molecule has 2 aromatic carbocycles. The average molecular weight is 343 g/mol. The number of aryl methyl sites for hydroxylation is 1. The number of aromatic carboxylic acids is 1. The summed E-state index contributed by atoms with van der Waals surface area (Å²) in [5.41, 5.74) is 4.08. The van der Waals surface area contributed by atoms with Crippen molar-refractivity contribution in [1.82, 2.24) is 10.3 Å². The summed E-state index contributed by atoms with van der Waals surface area (Å²) in [7, 11) is 0. The molecule has 3 N–H and O–H groups in total. The van der Waals surface area contributed by atoms with E-state index in [1.807, 2.05) is 49.4 Å². The molecule has 3 rings (SSSR count). The number of benzene rings is 2. The number of nitrogens with one attached hydrogen (secondary N) is 2. The molecule has 24 heavy (non-hydrogen) atoms. The number of carbonyl (C=O) groups is 1. The highest BCUT2D eigenvalue weighted by atomic mass is 35.5. The smallest absolute Gasteiger partial charge is 0.352 e. The van der Waals surface area contributed by atoms with Crippen LogP contribution < -0.4 is 5.32 Å². The van der Waals surface area contributed by atoms with Gasteiger partial charge in [-0.25, -0.2) is 4.79 Å². The topological polar surface area (TPSA) is 65.1 Å². The van der Waals surface area contributed by atoms with E-state index in [0.29, 0.717) is 6.54 Å². The van der Waals surface area contributed by atoms with Crippen LogP contribution in [0.2, 0.25) is 5.02 Å². The fourth-order valence-electron chi connectivity index (χ4n) is 2.87. The minimum Gasteiger partial charge on any atom is -0.477 e. The van der Waals surface area contributed by atoms with Crippen LogP contribution in [0.5, 0.6) is 0 Å². The first-order valence-corrected chi connectivity index (χ1v) is 8.22. The molecule has 1 heterocycles. The van der Waals surface area contributed by atoms with Gasteiger partial charge in [0.25, 0.3) is 0 Å². The summed E-state index contributed by atoms with van der Waals surface area (Å²) >= 11 is 6.15. The maximum Gasteiger partial charge on any atom is 0.352 e. The molecule has 0 atom stereocenters. The number of hydrogen-bond donors (Lipinski definition) is 3. The summed E-state index contributed by atoms with van der Waals surface area (Å²) in [4.78, 5) is 14.5. The number of hydrogen-bond acceptors (Lipinski definition) is 2. The predicted octanol–water partition coefficient (Wildman–Crippen LogP) is 4.16. The molecule has 4 nitrogen and oxygen atoms in total. The number of fused-ring (bicyclic) bond motifs is 1. The Balaban J connectivity index is 1.74. The van der Waals surface area contributed by atoms with Crippen molar-refractivity contribution in [2.75, 3.05) is 6.54 Å². The zero-order valence-corrected chi connectivity index (χ0v) is 14.2. The van der Waals surface area contributed by atoms with Gasteiger partial charge in [-0.05, 0) is 43.1 Å². The third-order valence-corrected chi connectivity index (χ3v) is 4.47. The normalized spacial score (nSPS) is 11.1. The van der Waals surface area contributed by atoms with Crippen molar-refractivity contribution in [1.29, 1.82) is 0 Å². The van der Waals surface area contributed by atoms with E-state index in [4.69, 9.17) is 11.6 Å². The molecule has 0 aliphatic rings. The highest BCUT2D eigenvalue weighted by molar-refractivity contribution is 6.31. The van der Waals surface area contributed by atoms with E-state index in [1.54, 1.807) is 0 Å². The second kappa shape index (κ2) is 7.07. The SMILES string of the molecule is Cc1ccc2c(CNCCc3ccccc3Cl)c(C(=O)O)[nH]c2c1. The molecule has 124 valence electrons. The first-order valence-electron chi connectivity index (χ1n) is 7.85. The van der Waals surface area contributed by atoms with Gasteiger partial charge in [-0.15, -0.1) is 0 Å². The first-order chi connectivity index (χ1) is 11.6. The summed E-state index contributed by atoms with van der Waals surface area (Å²) in [6.07, 6.45) is 0.795. The zero-order valence-electron chi connectivity index (χ0n) is 13.4. The van der Waals surface area contributed by atoms with Gasteiger partial charge >= 0.3 is 5.97 Å². The van der Waals surface area contributed by atoms with Gasteiger partial charge in [0.15, 0.2) is 0 Å². The van der Waals surface area contributed by atoms with Crippen LogP contribution in [0.3, 0.4) is 0 Å². The van der Waals surface area contributed by atoms with E-state index in [1.165, 1.54) is 0 Å². The van der Waals surface area contributed by atoms with Gasteiger partial charge in [-0.3, -0.25) is 0 Å². The lowest BCUT2D eigenvalue weighted by Crippen LogP contribution is -2.18. The van der Waals surface area contributed by atoms with Crippen molar-refractivity contribution in [3.8, 4) is 0 Å². The monoisotopic (exact) mass is 342 g/mol. The summed E-state index contributed by atoms with van der Waals surface area (Å²) in [6, 6.07) is 13.7. The van der Waals surface area contributed by atoms with Gasteiger partial charge < -0.3 is 15.4 Å². The van der Waals surface area contributed by atoms with Crippen molar-refractivity contribution in [2.45, 2.75) is 19.9 Å². The van der Waals surface area contributed by atoms with Crippen molar-refractivity contribution >= 4 is 28.5 Å². The Kier molecular flexibility index (Phi) is 4.88. The van der Waals surface area contributed by atoms with Crippen LogP contribution in [0.25, 0.3) is 10.9 Å². The number of rotatable bonds is 6. The van der Waals surface area contributed by atoms with E-state index in [2.05, 4.69) is 10.3 Å². The molecule has 0 saturated heterocycles. The third-order valence-electron chi connectivity index (χ3n) is 4.11. The Morgan fingerprint density at radius 1 is 1.25 bits per heavy atom. The molecule has 0 aliphatic heterocycles. The standard InChI is InChI=1S/C19H19ClN2O2/c1-12-6-7-14-15(18(19(23)24)22-17(14)10-12)11-21-9-8-13-4-2-3-5-16(13)20/h2-7,10,21-22H,8-9,11H2,1H3,(H,23,24). The molecule has 0 radical (unpaired) electrons. The summed E-state index contributed by atoms with van der Waals surface area (Å²) in [5.74, 6) is -0.938. The Hall–Kier alpha value is -2.30. The summed E-state index contributed by atoms with van der Waals surface area (Å²) in [5, 5.41) is 14.5. The number of carboxylic acid groups (broad SMARTS) is 1. The minimum absolute atomic E-state index is 0.251. The van der Waals surface area contributed by atoms with Crippen LogP contribution in [0.4, 0.5) is 0 Å². The van der Waals surface area contributed by atoms with Gasteiger partial charge in [0.2, 0.25) is 0 Å². The molecule has 0 spiro atoms. The maximum absolute atomic E-state index is 11.5. The lowest BCUT2D eigenvalue weighted by atomic mass is 10.1. The third kappa shape index (κ3) is 3.45. The molecule has 0 saturated carbocycles. The van der Waals surface area contributed by atoms with Crippen LogP contribution in [0, 0.1) is 6.92 Å². The van der Waals surface area contributed by atoms with E-state index in [0.717, 1.165) is 45.6 Å². The number of aromatic nitrogens is 1. The highest BCUT2D eigenvalue weighted by Gasteiger charge is 2.16. The molecule has 3 aromatic rings. The Labute approximate surface area is 145 Å². The highest BCUT2D eigenvalue weighted by Crippen LogP contribution is 2.24. The maximum atomic E-state index is 11.5. The molecule has 0 bridgehead atoms. The second-order valence-corrected chi connectivity index (χ2v) is 6.26. The van der Waals surface area contributed by atoms with Crippen molar-refractivity contribution in [3.63, 3.8) is 0 Å². The minimum atomic E-state index is -0.938. The Bertz CT molecular complexity index is 886. The fourth-order valence-corrected chi connectivity index (χ4v) is 3.10. The van der Waals surface area contributed by atoms with E-state index in [-0.39, 0.29) is 5.69 Å². The summed E-state index contributed by atoms with van der Waals surface area (Å²) < 4.78 is 0. The van der Waals surface area contributed by atoms with Crippen LogP contribution in [0.15, 0.2) is 42.5 Å². The van der Waals surface area contributed by atoms with Gasteiger partial charge in [-0.1, -0.05) is 41.9 Å². The molecule has 0 aliphatic carbocycles. The average Bonchev–Trinajstić information content (AvgIpc) is 2.91. The van der Waals surface area contributed by atoms with E-state index < -0.39 is 5.97 Å². The van der Waals surface area contributed by atoms with Crippen LogP contribution >= 0.6 is 11.6 Å². The zero-order chi connectivity index (χ0) is 17.1. The quantitative estimate of drug-likeness (QED) is 0.589. The Morgan fingerprint density at radius 3 is 2.79 bits per heavy atom. The Morgan fingerprint density at radius 2 is 2.04 bits per heavy atom. The molecule has 5 heteroatoms. The predicted molar refractivity (Wildman–Crippen MR) is 96.9 cm³/mol. The lowest BCUT2D eigenvalue weighted by molar-refractivity contribution is 0.0690. The molecule has 1 aromatic heterocycles. The first kappa shape index (κ1) is 16.6. The molecule has 0 amide bonds. The van der Waals surface area contributed by atoms with Gasteiger partial charge in [0, 0.05) is 28.0 Å². The van der Waals surface area contributed by atoms with Gasteiger partial charge in [-0.2, -0.15) is 0 Å². The van der Waals surface area contributed by atoms with Crippen LogP contribution in [0.1, 0.15) is 27.2 Å². The number of H-pyrrole nitrogens is 1. The largest absolute Gasteiger partial charge is 0.477 e. The molecular formula is C19H19ClN2O2. The number of carboxylic acids is 1. The number of aromatic amines is 1. The van der Waals surface area contributed by atoms with Crippen molar-refractivity contribution in [2.24, 2.45) is 0 Å². The van der Waals surface area contributed by atoms with E-state index in [9.17, 15) is 9.90 Å². The van der Waals surface area contributed by atoms with Gasteiger partial charge in [0.1, 0.15) is 5.69 Å². The molecule has 0 unspecified atom stereocenters. The summed E-state index contributed by atoms with van der Waals surface area (Å²) in [6.45, 7) is 3.21. The van der Waals surface area contributed by atoms with Crippen LogP contribution in [-0.2, 0) is 13.0 Å².